The molecule has 4 nitrogen and oxygen atoms in total. The Morgan fingerprint density at radius 1 is 1.59 bits per heavy atom. The number of methoxy groups -OCH3 is 1. The Hall–Kier alpha value is -1.29. The van der Waals surface area contributed by atoms with Crippen molar-refractivity contribution in [1.29, 1.82) is 0 Å². The van der Waals surface area contributed by atoms with Gasteiger partial charge in [-0.05, 0) is 17.5 Å². The molecule has 0 aliphatic carbocycles. The number of carbonyl (C=O) groups excluding carboxylic acids is 1. The van der Waals surface area contributed by atoms with E-state index in [4.69, 9.17) is 4.74 Å². The molecule has 1 rings (SSSR count). The number of nitrogens with one attached hydrogen (secondary N) is 1. The summed E-state index contributed by atoms with van der Waals surface area (Å²) in [7, 11) is 3.41. The van der Waals surface area contributed by atoms with Gasteiger partial charge in [-0.25, -0.2) is 0 Å². The van der Waals surface area contributed by atoms with Gasteiger partial charge in [0.15, 0.2) is 0 Å². The number of hydrogen-bond acceptors (Lipinski definition) is 3. The Bertz CT molecular complexity index is 360. The lowest BCUT2D eigenvalue weighted by atomic mass is 9.99. The second-order valence-electron chi connectivity index (χ2n) is 4.45. The average Bonchev–Trinajstić information content (AvgIpc) is 2.74. The fraction of sp³-hybridized carbons (Fsp3) is 0.615. The van der Waals surface area contributed by atoms with Crippen molar-refractivity contribution in [3.63, 3.8) is 0 Å². The maximum Gasteiger partial charge on any atom is 0.323 e. The van der Waals surface area contributed by atoms with Gasteiger partial charge >= 0.3 is 5.97 Å². The molecule has 4 heteroatoms. The van der Waals surface area contributed by atoms with Crippen LogP contribution in [0.15, 0.2) is 18.5 Å². The van der Waals surface area contributed by atoms with Crippen LogP contribution in [0.25, 0.3) is 0 Å². The second kappa shape index (κ2) is 6.45. The highest BCUT2D eigenvalue weighted by molar-refractivity contribution is 5.75. The van der Waals surface area contributed by atoms with E-state index < -0.39 is 0 Å². The first-order chi connectivity index (χ1) is 8.08. The zero-order chi connectivity index (χ0) is 12.8. The molecule has 0 aliphatic heterocycles. The summed E-state index contributed by atoms with van der Waals surface area (Å²) >= 11 is 0. The van der Waals surface area contributed by atoms with Crippen LogP contribution in [0, 0.1) is 5.92 Å². The molecule has 0 saturated heterocycles. The van der Waals surface area contributed by atoms with Gasteiger partial charge < -0.3 is 14.6 Å². The summed E-state index contributed by atoms with van der Waals surface area (Å²) in [5, 5.41) is 3.26. The van der Waals surface area contributed by atoms with Gasteiger partial charge in [0.1, 0.15) is 6.04 Å². The van der Waals surface area contributed by atoms with Crippen LogP contribution >= 0.6 is 0 Å². The van der Waals surface area contributed by atoms with E-state index in [-0.39, 0.29) is 17.9 Å². The zero-order valence-corrected chi connectivity index (χ0v) is 11.1. The van der Waals surface area contributed by atoms with Gasteiger partial charge in [0.2, 0.25) is 0 Å². The molecule has 0 spiro atoms. The smallest absolute Gasteiger partial charge is 0.323 e. The molecule has 2 atom stereocenters. The number of ether oxygens (including phenoxy) is 1. The first-order valence-electron chi connectivity index (χ1n) is 6.00. The molecule has 1 heterocycles. The lowest BCUT2D eigenvalue weighted by molar-refractivity contribution is -0.144. The molecule has 0 radical (unpaired) electrons. The molecule has 2 unspecified atom stereocenters. The number of aromatic nitrogens is 1. The number of esters is 1. The van der Waals surface area contributed by atoms with Crippen molar-refractivity contribution in [2.45, 2.75) is 32.9 Å². The summed E-state index contributed by atoms with van der Waals surface area (Å²) in [5.41, 5.74) is 1.17. The summed E-state index contributed by atoms with van der Waals surface area (Å²) < 4.78 is 6.82. The average molecular weight is 238 g/mol. The third kappa shape index (κ3) is 3.89. The summed E-state index contributed by atoms with van der Waals surface area (Å²) in [5.74, 6) is 0.0847. The molecule has 1 aromatic rings. The van der Waals surface area contributed by atoms with Gasteiger partial charge in [-0.2, -0.15) is 0 Å². The van der Waals surface area contributed by atoms with Gasteiger partial charge in [0, 0.05) is 26.0 Å². The minimum absolute atomic E-state index is 0.185. The highest BCUT2D eigenvalue weighted by atomic mass is 16.5. The minimum Gasteiger partial charge on any atom is -0.468 e. The fourth-order valence-electron chi connectivity index (χ4n) is 1.77. The van der Waals surface area contributed by atoms with Crippen LogP contribution in [0.5, 0.6) is 0 Å². The van der Waals surface area contributed by atoms with E-state index in [1.54, 1.807) is 0 Å². The molecular weight excluding hydrogens is 216 g/mol. The van der Waals surface area contributed by atoms with E-state index in [2.05, 4.69) is 19.2 Å². The third-order valence-corrected chi connectivity index (χ3v) is 3.09. The minimum atomic E-state index is -0.231. The molecule has 1 aromatic heterocycles. The van der Waals surface area contributed by atoms with Crippen LogP contribution in [-0.4, -0.2) is 23.7 Å². The number of carbonyl (C=O) groups is 1. The third-order valence-electron chi connectivity index (χ3n) is 3.09. The van der Waals surface area contributed by atoms with E-state index in [0.717, 1.165) is 6.42 Å². The van der Waals surface area contributed by atoms with Crippen molar-refractivity contribution < 1.29 is 9.53 Å². The van der Waals surface area contributed by atoms with Crippen LogP contribution in [0.3, 0.4) is 0 Å². The SMILES string of the molecule is CCC(C)C(NCc1ccn(C)c1)C(=O)OC. The molecule has 0 aromatic carbocycles. The van der Waals surface area contributed by atoms with E-state index in [1.807, 2.05) is 30.1 Å². The number of aryl methyl sites for hydroxylation is 1. The number of hydrogen-bond donors (Lipinski definition) is 1. The number of nitrogens with zero attached hydrogens (tertiary/aromatic N) is 1. The predicted octanol–water partition coefficient (Wildman–Crippen LogP) is 1.70. The molecule has 0 fully saturated rings. The molecule has 0 bridgehead atoms. The molecule has 0 saturated carbocycles. The fourth-order valence-corrected chi connectivity index (χ4v) is 1.77. The van der Waals surface area contributed by atoms with Gasteiger partial charge in [0.05, 0.1) is 7.11 Å². The van der Waals surface area contributed by atoms with Crippen molar-refractivity contribution in [1.82, 2.24) is 9.88 Å². The zero-order valence-electron chi connectivity index (χ0n) is 11.1. The Morgan fingerprint density at radius 2 is 2.29 bits per heavy atom. The first-order valence-corrected chi connectivity index (χ1v) is 6.00. The highest BCUT2D eigenvalue weighted by Gasteiger charge is 2.24. The molecular formula is C13H22N2O2. The topological polar surface area (TPSA) is 43.3 Å². The monoisotopic (exact) mass is 238 g/mol. The summed E-state index contributed by atoms with van der Waals surface area (Å²) in [4.78, 5) is 11.6. The summed E-state index contributed by atoms with van der Waals surface area (Å²) in [6, 6.07) is 1.81. The lowest BCUT2D eigenvalue weighted by Gasteiger charge is -2.21. The standard InChI is InChI=1S/C13H22N2O2/c1-5-10(2)12(13(16)17-4)14-8-11-6-7-15(3)9-11/h6-7,9-10,12,14H,5,8H2,1-4H3. The van der Waals surface area contributed by atoms with Crippen molar-refractivity contribution in [3.8, 4) is 0 Å². The molecule has 0 aliphatic rings. The number of rotatable bonds is 6. The normalized spacial score (nSPS) is 14.4. The van der Waals surface area contributed by atoms with Crippen LogP contribution < -0.4 is 5.32 Å². The Labute approximate surface area is 103 Å². The molecule has 96 valence electrons. The molecule has 17 heavy (non-hydrogen) atoms. The van der Waals surface area contributed by atoms with E-state index >= 15 is 0 Å². The van der Waals surface area contributed by atoms with E-state index in [9.17, 15) is 4.79 Å². The molecule has 0 amide bonds. The van der Waals surface area contributed by atoms with Gasteiger partial charge in [-0.3, -0.25) is 4.79 Å². The van der Waals surface area contributed by atoms with Gasteiger partial charge in [0.25, 0.3) is 0 Å². The van der Waals surface area contributed by atoms with Gasteiger partial charge in [-0.1, -0.05) is 20.3 Å². The van der Waals surface area contributed by atoms with Crippen molar-refractivity contribution in [2.75, 3.05) is 7.11 Å². The second-order valence-corrected chi connectivity index (χ2v) is 4.45. The lowest BCUT2D eigenvalue weighted by Crippen LogP contribution is -2.42. The van der Waals surface area contributed by atoms with Crippen LogP contribution in [0.2, 0.25) is 0 Å². The van der Waals surface area contributed by atoms with Gasteiger partial charge in [-0.15, -0.1) is 0 Å². The predicted molar refractivity (Wildman–Crippen MR) is 67.5 cm³/mol. The maximum atomic E-state index is 11.6. The van der Waals surface area contributed by atoms with E-state index in [1.165, 1.54) is 12.7 Å². The Balaban J connectivity index is 2.57. The van der Waals surface area contributed by atoms with Crippen LogP contribution in [0.1, 0.15) is 25.8 Å². The molecule has 1 N–H and O–H groups in total. The quantitative estimate of drug-likeness (QED) is 0.767. The van der Waals surface area contributed by atoms with Crippen LogP contribution in [0.4, 0.5) is 0 Å². The maximum absolute atomic E-state index is 11.6. The van der Waals surface area contributed by atoms with Crippen molar-refractivity contribution in [3.05, 3.63) is 24.0 Å². The van der Waals surface area contributed by atoms with E-state index in [0.29, 0.717) is 6.54 Å². The van der Waals surface area contributed by atoms with Crippen molar-refractivity contribution >= 4 is 5.97 Å². The Morgan fingerprint density at radius 3 is 2.76 bits per heavy atom. The van der Waals surface area contributed by atoms with Crippen molar-refractivity contribution in [2.24, 2.45) is 13.0 Å². The summed E-state index contributed by atoms with van der Waals surface area (Å²) in [6.07, 6.45) is 4.98. The van der Waals surface area contributed by atoms with Crippen LogP contribution in [-0.2, 0) is 23.1 Å². The Kier molecular flexibility index (Phi) is 5.22. The summed E-state index contributed by atoms with van der Waals surface area (Å²) in [6.45, 7) is 4.81. The highest BCUT2D eigenvalue weighted by Crippen LogP contribution is 2.10. The first kappa shape index (κ1) is 13.8. The largest absolute Gasteiger partial charge is 0.468 e.